The van der Waals surface area contributed by atoms with Crippen LogP contribution in [0.2, 0.25) is 0 Å². The fourth-order valence-electron chi connectivity index (χ4n) is 3.29. The van der Waals surface area contributed by atoms with Crippen LogP contribution in [0.4, 0.5) is 0 Å². The first-order chi connectivity index (χ1) is 8.69. The first-order valence-corrected chi connectivity index (χ1v) is 7.42. The first kappa shape index (κ1) is 13.6. The number of nitrogens with one attached hydrogen (secondary N) is 1. The zero-order valence-electron chi connectivity index (χ0n) is 12.1. The van der Waals surface area contributed by atoms with Crippen molar-refractivity contribution in [2.75, 3.05) is 7.05 Å². The number of aryl methyl sites for hydroxylation is 1. The topological polar surface area (TPSA) is 12.0 Å². The smallest absolute Gasteiger partial charge is 0.0133 e. The summed E-state index contributed by atoms with van der Waals surface area (Å²) in [5.41, 5.74) is 2.85. The van der Waals surface area contributed by atoms with Gasteiger partial charge in [0.25, 0.3) is 0 Å². The van der Waals surface area contributed by atoms with Gasteiger partial charge in [-0.3, -0.25) is 0 Å². The van der Waals surface area contributed by atoms with Gasteiger partial charge in [0.1, 0.15) is 0 Å². The molecular weight excluding hydrogens is 218 g/mol. The molecule has 0 spiro atoms. The Balaban J connectivity index is 1.96. The van der Waals surface area contributed by atoms with Crippen LogP contribution in [0.1, 0.15) is 43.7 Å². The molecule has 1 atom stereocenters. The van der Waals surface area contributed by atoms with Crippen LogP contribution in [0.15, 0.2) is 24.3 Å². The van der Waals surface area contributed by atoms with Crippen molar-refractivity contribution in [3.63, 3.8) is 0 Å². The molecule has 1 saturated carbocycles. The van der Waals surface area contributed by atoms with Crippen LogP contribution in [0.5, 0.6) is 0 Å². The average molecular weight is 245 g/mol. The molecule has 1 aliphatic rings. The van der Waals surface area contributed by atoms with Crippen molar-refractivity contribution in [2.45, 2.75) is 52.0 Å². The predicted octanol–water partition coefficient (Wildman–Crippen LogP) is 3.95. The van der Waals surface area contributed by atoms with Crippen molar-refractivity contribution in [1.82, 2.24) is 5.32 Å². The monoisotopic (exact) mass is 245 g/mol. The predicted molar refractivity (Wildman–Crippen MR) is 78.9 cm³/mol. The lowest BCUT2D eigenvalue weighted by Crippen LogP contribution is -2.37. The third-order valence-electron chi connectivity index (χ3n) is 4.54. The number of likely N-dealkylation sites (N-methyl/N-ethyl adjacent to an activating group) is 1. The lowest BCUT2D eigenvalue weighted by Gasteiger charge is -2.32. The van der Waals surface area contributed by atoms with Gasteiger partial charge in [-0.2, -0.15) is 0 Å². The van der Waals surface area contributed by atoms with Gasteiger partial charge in [-0.05, 0) is 50.6 Å². The molecule has 1 aromatic carbocycles. The molecule has 1 aromatic rings. The minimum atomic E-state index is 0.652. The van der Waals surface area contributed by atoms with Gasteiger partial charge in [0.05, 0.1) is 0 Å². The van der Waals surface area contributed by atoms with Gasteiger partial charge >= 0.3 is 0 Å². The van der Waals surface area contributed by atoms with Gasteiger partial charge in [-0.1, -0.05) is 49.6 Å². The minimum absolute atomic E-state index is 0.652. The van der Waals surface area contributed by atoms with Gasteiger partial charge in [0.2, 0.25) is 0 Å². The molecule has 1 fully saturated rings. The largest absolute Gasteiger partial charge is 0.316 e. The van der Waals surface area contributed by atoms with Crippen LogP contribution in [-0.4, -0.2) is 13.1 Å². The van der Waals surface area contributed by atoms with E-state index in [-0.39, 0.29) is 0 Å². The van der Waals surface area contributed by atoms with Crippen LogP contribution in [0.25, 0.3) is 0 Å². The second-order valence-corrected chi connectivity index (χ2v) is 6.11. The molecule has 1 unspecified atom stereocenters. The molecule has 0 aliphatic heterocycles. The van der Waals surface area contributed by atoms with E-state index in [2.05, 4.69) is 50.5 Å². The molecule has 0 radical (unpaired) electrons. The van der Waals surface area contributed by atoms with E-state index in [9.17, 15) is 0 Å². The van der Waals surface area contributed by atoms with E-state index < -0.39 is 0 Å². The summed E-state index contributed by atoms with van der Waals surface area (Å²) in [5.74, 6) is 1.81. The maximum atomic E-state index is 3.55. The summed E-state index contributed by atoms with van der Waals surface area (Å²) in [5, 5.41) is 3.55. The van der Waals surface area contributed by atoms with E-state index in [1.165, 1.54) is 43.2 Å². The second-order valence-electron chi connectivity index (χ2n) is 6.11. The van der Waals surface area contributed by atoms with E-state index >= 15 is 0 Å². The average Bonchev–Trinajstić information content (AvgIpc) is 2.37. The van der Waals surface area contributed by atoms with Crippen molar-refractivity contribution in [2.24, 2.45) is 11.8 Å². The molecule has 0 heterocycles. The van der Waals surface area contributed by atoms with Gasteiger partial charge in [0, 0.05) is 6.04 Å². The molecular formula is C17H27N. The molecule has 1 N–H and O–H groups in total. The maximum absolute atomic E-state index is 3.55. The third kappa shape index (κ3) is 3.58. The highest BCUT2D eigenvalue weighted by molar-refractivity contribution is 5.23. The Labute approximate surface area is 112 Å². The summed E-state index contributed by atoms with van der Waals surface area (Å²) in [6.45, 7) is 4.57. The molecule has 2 rings (SSSR count). The molecule has 100 valence electrons. The van der Waals surface area contributed by atoms with Crippen molar-refractivity contribution in [3.8, 4) is 0 Å². The normalized spacial score (nSPS) is 25.9. The van der Waals surface area contributed by atoms with Crippen LogP contribution in [0.3, 0.4) is 0 Å². The van der Waals surface area contributed by atoms with Crippen molar-refractivity contribution >= 4 is 0 Å². The number of hydrogen-bond donors (Lipinski definition) is 1. The molecule has 0 aromatic heterocycles. The lowest BCUT2D eigenvalue weighted by molar-refractivity contribution is 0.235. The van der Waals surface area contributed by atoms with Crippen LogP contribution in [-0.2, 0) is 6.42 Å². The summed E-state index contributed by atoms with van der Waals surface area (Å²) in [6, 6.07) is 9.61. The Bertz CT molecular complexity index is 364. The zero-order chi connectivity index (χ0) is 13.0. The summed E-state index contributed by atoms with van der Waals surface area (Å²) in [7, 11) is 2.12. The van der Waals surface area contributed by atoms with E-state index in [0.29, 0.717) is 6.04 Å². The summed E-state index contributed by atoms with van der Waals surface area (Å²) < 4.78 is 0. The Hall–Kier alpha value is -0.820. The van der Waals surface area contributed by atoms with Crippen molar-refractivity contribution in [3.05, 3.63) is 35.4 Å². The number of rotatable bonds is 4. The van der Waals surface area contributed by atoms with E-state index in [0.717, 1.165) is 11.8 Å². The maximum Gasteiger partial charge on any atom is 0.0133 e. The third-order valence-corrected chi connectivity index (χ3v) is 4.54. The highest BCUT2D eigenvalue weighted by Crippen LogP contribution is 2.31. The summed E-state index contributed by atoms with van der Waals surface area (Å²) >= 11 is 0. The molecule has 0 saturated heterocycles. The SMILES string of the molecule is CNC(Cc1cccc(C)c1)C1CCC(C)CC1. The highest BCUT2D eigenvalue weighted by atomic mass is 14.9. The fourth-order valence-corrected chi connectivity index (χ4v) is 3.29. The van der Waals surface area contributed by atoms with Crippen molar-refractivity contribution < 1.29 is 0 Å². The fraction of sp³-hybridized carbons (Fsp3) is 0.647. The van der Waals surface area contributed by atoms with Crippen LogP contribution < -0.4 is 5.32 Å². The quantitative estimate of drug-likeness (QED) is 0.847. The molecule has 1 aliphatic carbocycles. The Morgan fingerprint density at radius 3 is 2.56 bits per heavy atom. The molecule has 0 amide bonds. The second kappa shape index (κ2) is 6.38. The standard InChI is InChI=1S/C17H27N/c1-13-7-9-16(10-8-13)17(18-3)12-15-6-4-5-14(2)11-15/h4-6,11,13,16-18H,7-10,12H2,1-3H3. The van der Waals surface area contributed by atoms with Crippen LogP contribution >= 0.6 is 0 Å². The van der Waals surface area contributed by atoms with Gasteiger partial charge in [-0.15, -0.1) is 0 Å². The Morgan fingerprint density at radius 2 is 1.94 bits per heavy atom. The summed E-state index contributed by atoms with van der Waals surface area (Å²) in [4.78, 5) is 0. The zero-order valence-corrected chi connectivity index (χ0v) is 12.1. The van der Waals surface area contributed by atoms with Crippen molar-refractivity contribution in [1.29, 1.82) is 0 Å². The van der Waals surface area contributed by atoms with E-state index in [4.69, 9.17) is 0 Å². The molecule has 1 heteroatoms. The molecule has 0 bridgehead atoms. The Morgan fingerprint density at radius 1 is 1.22 bits per heavy atom. The first-order valence-electron chi connectivity index (χ1n) is 7.42. The van der Waals surface area contributed by atoms with E-state index in [1.807, 2.05) is 0 Å². The van der Waals surface area contributed by atoms with Gasteiger partial charge in [0.15, 0.2) is 0 Å². The molecule has 1 nitrogen and oxygen atoms in total. The number of hydrogen-bond acceptors (Lipinski definition) is 1. The van der Waals surface area contributed by atoms with Crippen LogP contribution in [0, 0.1) is 18.8 Å². The lowest BCUT2D eigenvalue weighted by atomic mass is 9.77. The Kier molecular flexibility index (Phi) is 4.82. The number of benzene rings is 1. The minimum Gasteiger partial charge on any atom is -0.316 e. The van der Waals surface area contributed by atoms with Gasteiger partial charge < -0.3 is 5.32 Å². The highest BCUT2D eigenvalue weighted by Gasteiger charge is 2.25. The van der Waals surface area contributed by atoms with E-state index in [1.54, 1.807) is 0 Å². The molecule has 18 heavy (non-hydrogen) atoms. The van der Waals surface area contributed by atoms with Gasteiger partial charge in [-0.25, -0.2) is 0 Å². The summed E-state index contributed by atoms with van der Waals surface area (Å²) in [6.07, 6.45) is 6.81.